The van der Waals surface area contributed by atoms with Gasteiger partial charge in [-0.1, -0.05) is 0 Å². The van der Waals surface area contributed by atoms with E-state index in [-0.39, 0.29) is 11.4 Å². The van der Waals surface area contributed by atoms with Gasteiger partial charge in [0.2, 0.25) is 5.91 Å². The van der Waals surface area contributed by atoms with Gasteiger partial charge in [0.25, 0.3) is 0 Å². The van der Waals surface area contributed by atoms with Crippen LogP contribution >= 0.6 is 0 Å². The fourth-order valence-electron chi connectivity index (χ4n) is 1.53. The molecule has 1 saturated heterocycles. The van der Waals surface area contributed by atoms with E-state index in [0.717, 1.165) is 26.2 Å². The number of carboxylic acid groups (broad SMARTS) is 1. The molecule has 124 valence electrons. The van der Waals surface area contributed by atoms with E-state index in [0.29, 0.717) is 6.54 Å². The van der Waals surface area contributed by atoms with E-state index in [2.05, 4.69) is 15.5 Å². The zero-order valence-electron chi connectivity index (χ0n) is 12.4. The monoisotopic (exact) mass is 313 g/mol. The predicted molar refractivity (Wildman–Crippen MR) is 70.9 cm³/mol. The van der Waals surface area contributed by atoms with Crippen LogP contribution in [0.3, 0.4) is 0 Å². The second-order valence-corrected chi connectivity index (χ2v) is 5.63. The third-order valence-corrected chi connectivity index (χ3v) is 2.33. The molecule has 1 rings (SSSR count). The zero-order valence-corrected chi connectivity index (χ0v) is 12.4. The third-order valence-electron chi connectivity index (χ3n) is 2.33. The van der Waals surface area contributed by atoms with Gasteiger partial charge in [-0.05, 0) is 20.8 Å². The van der Waals surface area contributed by atoms with Gasteiger partial charge >= 0.3 is 12.1 Å². The van der Waals surface area contributed by atoms with Crippen molar-refractivity contribution in [2.75, 3.05) is 32.7 Å². The van der Waals surface area contributed by atoms with Gasteiger partial charge in [0.15, 0.2) is 0 Å². The van der Waals surface area contributed by atoms with Gasteiger partial charge in [-0.15, -0.1) is 0 Å². The molecule has 0 atom stereocenters. The number of aliphatic carboxylic acids is 1. The molecule has 0 saturated carbocycles. The fraction of sp³-hybridized carbons (Fsp3) is 0.833. The number of carboxylic acids is 1. The summed E-state index contributed by atoms with van der Waals surface area (Å²) in [4.78, 5) is 22.6. The van der Waals surface area contributed by atoms with Crippen molar-refractivity contribution in [3.8, 4) is 0 Å². The number of nitrogens with zero attached hydrogens (tertiary/aromatic N) is 1. The summed E-state index contributed by atoms with van der Waals surface area (Å²) < 4.78 is 31.7. The largest absolute Gasteiger partial charge is 0.490 e. The maximum atomic E-state index is 11.6. The van der Waals surface area contributed by atoms with Crippen LogP contribution in [-0.4, -0.2) is 66.3 Å². The Bertz CT molecular complexity index is 348. The lowest BCUT2D eigenvalue weighted by atomic mass is 10.1. The standard InChI is InChI=1S/C10H21N3O.C2HF3O2/c1-10(2,3)12-9(14)8-13-6-4-11-5-7-13;3-2(4,5)1(6)7/h11H,4-8H2,1-3H3,(H,12,14);(H,6,7). The quantitative estimate of drug-likeness (QED) is 0.689. The second-order valence-electron chi connectivity index (χ2n) is 5.63. The minimum Gasteiger partial charge on any atom is -0.475 e. The fourth-order valence-corrected chi connectivity index (χ4v) is 1.53. The minimum absolute atomic E-state index is 0.120. The van der Waals surface area contributed by atoms with Crippen LogP contribution in [0, 0.1) is 0 Å². The molecule has 1 heterocycles. The Labute approximate surface area is 121 Å². The van der Waals surface area contributed by atoms with E-state index in [9.17, 15) is 18.0 Å². The lowest BCUT2D eigenvalue weighted by Gasteiger charge is -2.28. The smallest absolute Gasteiger partial charge is 0.475 e. The number of amides is 1. The van der Waals surface area contributed by atoms with E-state index in [1.807, 2.05) is 20.8 Å². The number of carbonyl (C=O) groups excluding carboxylic acids is 1. The first kappa shape index (κ1) is 19.7. The molecule has 0 aromatic carbocycles. The van der Waals surface area contributed by atoms with Crippen molar-refractivity contribution in [2.24, 2.45) is 0 Å². The Morgan fingerprint density at radius 1 is 1.19 bits per heavy atom. The molecule has 21 heavy (non-hydrogen) atoms. The molecule has 1 amide bonds. The SMILES string of the molecule is CC(C)(C)NC(=O)CN1CCNCC1.O=C(O)C(F)(F)F. The van der Waals surface area contributed by atoms with Crippen molar-refractivity contribution in [3.63, 3.8) is 0 Å². The molecule has 1 aliphatic heterocycles. The van der Waals surface area contributed by atoms with Crippen LogP contribution in [0.5, 0.6) is 0 Å². The van der Waals surface area contributed by atoms with Gasteiger partial charge in [0.1, 0.15) is 0 Å². The van der Waals surface area contributed by atoms with Crippen molar-refractivity contribution in [1.29, 1.82) is 0 Å². The summed E-state index contributed by atoms with van der Waals surface area (Å²) in [5.74, 6) is -2.63. The van der Waals surface area contributed by atoms with Crippen LogP contribution in [0.1, 0.15) is 20.8 Å². The number of alkyl halides is 3. The molecular formula is C12H22F3N3O3. The highest BCUT2D eigenvalue weighted by Gasteiger charge is 2.38. The molecule has 3 N–H and O–H groups in total. The molecule has 0 aromatic heterocycles. The third kappa shape index (κ3) is 11.0. The second kappa shape index (κ2) is 8.18. The average molecular weight is 313 g/mol. The highest BCUT2D eigenvalue weighted by molar-refractivity contribution is 5.78. The summed E-state index contributed by atoms with van der Waals surface area (Å²) in [6, 6.07) is 0. The Hall–Kier alpha value is -1.35. The minimum atomic E-state index is -5.08. The van der Waals surface area contributed by atoms with Crippen molar-refractivity contribution in [1.82, 2.24) is 15.5 Å². The molecule has 1 fully saturated rings. The van der Waals surface area contributed by atoms with Crippen LogP contribution < -0.4 is 10.6 Å². The number of hydrogen-bond acceptors (Lipinski definition) is 4. The molecule has 0 spiro atoms. The van der Waals surface area contributed by atoms with Gasteiger partial charge < -0.3 is 15.7 Å². The average Bonchev–Trinajstić information content (AvgIpc) is 2.26. The lowest BCUT2D eigenvalue weighted by molar-refractivity contribution is -0.192. The van der Waals surface area contributed by atoms with Crippen LogP contribution in [0.15, 0.2) is 0 Å². The van der Waals surface area contributed by atoms with Gasteiger partial charge in [-0.25, -0.2) is 4.79 Å². The molecule has 0 aromatic rings. The molecule has 9 heteroatoms. The molecule has 0 aliphatic carbocycles. The number of rotatable bonds is 2. The summed E-state index contributed by atoms with van der Waals surface area (Å²) in [5, 5.41) is 13.4. The summed E-state index contributed by atoms with van der Waals surface area (Å²) in [5.41, 5.74) is -0.120. The number of nitrogens with one attached hydrogen (secondary N) is 2. The molecule has 0 unspecified atom stereocenters. The van der Waals surface area contributed by atoms with Gasteiger partial charge in [0, 0.05) is 31.7 Å². The van der Waals surface area contributed by atoms with Crippen molar-refractivity contribution < 1.29 is 27.9 Å². The zero-order chi connectivity index (χ0) is 16.7. The summed E-state index contributed by atoms with van der Waals surface area (Å²) >= 11 is 0. The van der Waals surface area contributed by atoms with E-state index in [1.165, 1.54) is 0 Å². The maximum Gasteiger partial charge on any atom is 0.490 e. The van der Waals surface area contributed by atoms with Gasteiger partial charge in [-0.3, -0.25) is 9.69 Å². The summed E-state index contributed by atoms with van der Waals surface area (Å²) in [7, 11) is 0. The normalized spacial score (nSPS) is 16.7. The molecule has 1 aliphatic rings. The topological polar surface area (TPSA) is 81.7 Å². The predicted octanol–water partition coefficient (Wildman–Crippen LogP) is 0.440. The Balaban J connectivity index is 0.000000486. The van der Waals surface area contributed by atoms with E-state index >= 15 is 0 Å². The Morgan fingerprint density at radius 3 is 1.95 bits per heavy atom. The first-order valence-electron chi connectivity index (χ1n) is 6.46. The van der Waals surface area contributed by atoms with E-state index in [1.54, 1.807) is 0 Å². The van der Waals surface area contributed by atoms with Crippen LogP contribution in [0.4, 0.5) is 13.2 Å². The van der Waals surface area contributed by atoms with Gasteiger partial charge in [-0.2, -0.15) is 13.2 Å². The first-order chi connectivity index (χ1) is 9.42. The van der Waals surface area contributed by atoms with Crippen molar-refractivity contribution >= 4 is 11.9 Å². The maximum absolute atomic E-state index is 11.6. The summed E-state index contributed by atoms with van der Waals surface area (Å²) in [6.07, 6.45) is -5.08. The van der Waals surface area contributed by atoms with Gasteiger partial charge in [0.05, 0.1) is 6.54 Å². The lowest BCUT2D eigenvalue weighted by Crippen LogP contribution is -2.50. The molecular weight excluding hydrogens is 291 g/mol. The van der Waals surface area contributed by atoms with E-state index in [4.69, 9.17) is 9.90 Å². The highest BCUT2D eigenvalue weighted by Crippen LogP contribution is 2.13. The number of hydrogen-bond donors (Lipinski definition) is 3. The first-order valence-corrected chi connectivity index (χ1v) is 6.46. The Kier molecular flexibility index (Phi) is 7.65. The summed E-state index contributed by atoms with van der Waals surface area (Å²) in [6.45, 7) is 10.5. The number of carbonyl (C=O) groups is 2. The van der Waals surface area contributed by atoms with Crippen LogP contribution in [0.25, 0.3) is 0 Å². The van der Waals surface area contributed by atoms with Crippen molar-refractivity contribution in [3.05, 3.63) is 0 Å². The number of piperazine rings is 1. The number of halogens is 3. The molecule has 0 radical (unpaired) electrons. The van der Waals surface area contributed by atoms with E-state index < -0.39 is 12.1 Å². The molecule has 6 nitrogen and oxygen atoms in total. The van der Waals surface area contributed by atoms with Crippen LogP contribution in [-0.2, 0) is 9.59 Å². The van der Waals surface area contributed by atoms with Crippen molar-refractivity contribution in [2.45, 2.75) is 32.5 Å². The van der Waals surface area contributed by atoms with Crippen LogP contribution in [0.2, 0.25) is 0 Å². The highest BCUT2D eigenvalue weighted by atomic mass is 19.4. The molecule has 0 bridgehead atoms. The Morgan fingerprint density at radius 2 is 1.62 bits per heavy atom.